The van der Waals surface area contributed by atoms with Gasteiger partial charge in [-0.2, -0.15) is 0 Å². The molecule has 0 saturated carbocycles. The lowest BCUT2D eigenvalue weighted by molar-refractivity contribution is 0.393. The molecule has 0 spiro atoms. The monoisotopic (exact) mass is 413 g/mol. The van der Waals surface area contributed by atoms with E-state index in [2.05, 4.69) is 20.7 Å². The van der Waals surface area contributed by atoms with Gasteiger partial charge in [-0.05, 0) is 47.9 Å². The van der Waals surface area contributed by atoms with Gasteiger partial charge in [-0.25, -0.2) is 13.1 Å². The number of methoxy groups -OCH3 is 2. The average molecular weight is 414 g/mol. The van der Waals surface area contributed by atoms with Crippen molar-refractivity contribution in [1.82, 2.24) is 4.72 Å². The van der Waals surface area contributed by atoms with E-state index < -0.39 is 10.0 Å². The molecule has 2 aromatic carbocycles. The van der Waals surface area contributed by atoms with Crippen molar-refractivity contribution in [3.8, 4) is 11.5 Å². The molecule has 7 heteroatoms. The zero-order chi connectivity index (χ0) is 17.7. The topological polar surface area (TPSA) is 64.6 Å². The first kappa shape index (κ1) is 18.8. The number of rotatable bonds is 7. The zero-order valence-corrected chi connectivity index (χ0v) is 16.2. The summed E-state index contributed by atoms with van der Waals surface area (Å²) in [5, 5.41) is 0. The normalized spacial score (nSPS) is 11.3. The molecule has 0 radical (unpaired) electrons. The van der Waals surface area contributed by atoms with Crippen molar-refractivity contribution in [2.45, 2.75) is 24.8 Å². The lowest BCUT2D eigenvalue weighted by Crippen LogP contribution is -2.24. The summed E-state index contributed by atoms with van der Waals surface area (Å²) in [4.78, 5) is 0.295. The molecule has 0 bridgehead atoms. The second kappa shape index (κ2) is 8.00. The van der Waals surface area contributed by atoms with Crippen LogP contribution in [0.4, 0.5) is 0 Å². The number of halogens is 1. The van der Waals surface area contributed by atoms with E-state index in [1.165, 1.54) is 0 Å². The SMILES string of the molecule is CCc1cc(Br)ccc1S(=O)(=O)NCc1cc(OC)cc(OC)c1. The van der Waals surface area contributed by atoms with Gasteiger partial charge in [0.05, 0.1) is 19.1 Å². The molecule has 0 aromatic heterocycles. The van der Waals surface area contributed by atoms with Crippen LogP contribution in [0.3, 0.4) is 0 Å². The molecular weight excluding hydrogens is 394 g/mol. The Kier molecular flexibility index (Phi) is 6.26. The molecule has 5 nitrogen and oxygen atoms in total. The van der Waals surface area contributed by atoms with E-state index in [-0.39, 0.29) is 6.54 Å². The minimum atomic E-state index is -3.61. The van der Waals surface area contributed by atoms with Gasteiger partial charge in [0.15, 0.2) is 0 Å². The third-order valence-electron chi connectivity index (χ3n) is 3.57. The zero-order valence-electron chi connectivity index (χ0n) is 13.8. The van der Waals surface area contributed by atoms with Gasteiger partial charge >= 0.3 is 0 Å². The third-order valence-corrected chi connectivity index (χ3v) is 5.57. The molecule has 0 aliphatic heterocycles. The number of sulfonamides is 1. The maximum atomic E-state index is 12.6. The van der Waals surface area contributed by atoms with Crippen LogP contribution < -0.4 is 14.2 Å². The Bertz CT molecular complexity index is 799. The average Bonchev–Trinajstić information content (AvgIpc) is 2.59. The molecule has 0 heterocycles. The minimum absolute atomic E-state index is 0.148. The molecule has 0 amide bonds. The van der Waals surface area contributed by atoms with Crippen molar-refractivity contribution in [3.63, 3.8) is 0 Å². The molecule has 24 heavy (non-hydrogen) atoms. The summed E-state index contributed by atoms with van der Waals surface area (Å²) in [6, 6.07) is 10.4. The van der Waals surface area contributed by atoms with Gasteiger partial charge in [-0.1, -0.05) is 22.9 Å². The summed E-state index contributed by atoms with van der Waals surface area (Å²) in [7, 11) is -0.502. The van der Waals surface area contributed by atoms with E-state index in [4.69, 9.17) is 9.47 Å². The van der Waals surface area contributed by atoms with Crippen molar-refractivity contribution in [2.75, 3.05) is 14.2 Å². The number of nitrogens with one attached hydrogen (secondary N) is 1. The Labute approximate surface area is 151 Å². The Morgan fingerprint density at radius 3 is 2.21 bits per heavy atom. The fourth-order valence-corrected chi connectivity index (χ4v) is 4.03. The Balaban J connectivity index is 2.25. The number of ether oxygens (including phenoxy) is 2. The van der Waals surface area contributed by atoms with Crippen LogP contribution in [0.2, 0.25) is 0 Å². The fraction of sp³-hybridized carbons (Fsp3) is 0.294. The van der Waals surface area contributed by atoms with E-state index >= 15 is 0 Å². The highest BCUT2D eigenvalue weighted by molar-refractivity contribution is 9.10. The quantitative estimate of drug-likeness (QED) is 0.753. The Morgan fingerprint density at radius 1 is 1.04 bits per heavy atom. The summed E-state index contributed by atoms with van der Waals surface area (Å²) < 4.78 is 39.1. The summed E-state index contributed by atoms with van der Waals surface area (Å²) in [6.45, 7) is 2.07. The smallest absolute Gasteiger partial charge is 0.241 e. The maximum Gasteiger partial charge on any atom is 0.241 e. The molecule has 0 atom stereocenters. The van der Waals surface area contributed by atoms with Gasteiger partial charge in [0, 0.05) is 17.1 Å². The van der Waals surface area contributed by atoms with Crippen LogP contribution in [-0.4, -0.2) is 22.6 Å². The highest BCUT2D eigenvalue weighted by Gasteiger charge is 2.18. The number of hydrogen-bond donors (Lipinski definition) is 1. The lowest BCUT2D eigenvalue weighted by atomic mass is 10.2. The van der Waals surface area contributed by atoms with Gasteiger partial charge in [-0.15, -0.1) is 0 Å². The first-order valence-electron chi connectivity index (χ1n) is 7.39. The van der Waals surface area contributed by atoms with Crippen molar-refractivity contribution in [2.24, 2.45) is 0 Å². The van der Waals surface area contributed by atoms with E-state index in [0.717, 1.165) is 15.6 Å². The van der Waals surface area contributed by atoms with Crippen LogP contribution in [-0.2, 0) is 23.0 Å². The third kappa shape index (κ3) is 4.49. The van der Waals surface area contributed by atoms with Crippen molar-refractivity contribution < 1.29 is 17.9 Å². The van der Waals surface area contributed by atoms with Crippen LogP contribution in [0, 0.1) is 0 Å². The fourth-order valence-electron chi connectivity index (χ4n) is 2.31. The van der Waals surface area contributed by atoms with Crippen molar-refractivity contribution in [1.29, 1.82) is 0 Å². The predicted molar refractivity (Wildman–Crippen MR) is 97.1 cm³/mol. The molecule has 0 saturated heterocycles. The molecule has 2 rings (SSSR count). The van der Waals surface area contributed by atoms with Gasteiger partial charge in [0.25, 0.3) is 0 Å². The molecule has 0 aliphatic carbocycles. The van der Waals surface area contributed by atoms with Crippen LogP contribution >= 0.6 is 15.9 Å². The maximum absolute atomic E-state index is 12.6. The lowest BCUT2D eigenvalue weighted by Gasteiger charge is -2.12. The van der Waals surface area contributed by atoms with Gasteiger partial charge in [-0.3, -0.25) is 0 Å². The van der Waals surface area contributed by atoms with Crippen LogP contribution in [0.5, 0.6) is 11.5 Å². The first-order valence-corrected chi connectivity index (χ1v) is 9.67. The highest BCUT2D eigenvalue weighted by Crippen LogP contribution is 2.24. The molecule has 0 aliphatic rings. The highest BCUT2D eigenvalue weighted by atomic mass is 79.9. The van der Waals surface area contributed by atoms with E-state index in [1.807, 2.05) is 13.0 Å². The molecular formula is C17H20BrNO4S. The standard InChI is InChI=1S/C17H20BrNO4S/c1-4-13-9-14(18)5-6-17(13)24(20,21)19-11-12-7-15(22-2)10-16(8-12)23-3/h5-10,19H,4,11H2,1-3H3. The van der Waals surface area contributed by atoms with Crippen molar-refractivity contribution in [3.05, 3.63) is 52.0 Å². The van der Waals surface area contributed by atoms with E-state index in [0.29, 0.717) is 22.8 Å². The van der Waals surface area contributed by atoms with Crippen LogP contribution in [0.25, 0.3) is 0 Å². The molecule has 0 unspecified atom stereocenters. The van der Waals surface area contributed by atoms with Gasteiger partial charge in [0.2, 0.25) is 10.0 Å². The Morgan fingerprint density at radius 2 is 1.67 bits per heavy atom. The summed E-state index contributed by atoms with van der Waals surface area (Å²) >= 11 is 3.37. The van der Waals surface area contributed by atoms with Crippen LogP contribution in [0.15, 0.2) is 45.8 Å². The summed E-state index contributed by atoms with van der Waals surface area (Å²) in [6.07, 6.45) is 0.628. The molecule has 0 fully saturated rings. The minimum Gasteiger partial charge on any atom is -0.497 e. The second-order valence-electron chi connectivity index (χ2n) is 5.15. The summed E-state index contributed by atoms with van der Waals surface area (Å²) in [5.41, 5.74) is 1.52. The first-order chi connectivity index (χ1) is 11.4. The predicted octanol–water partition coefficient (Wildman–Crippen LogP) is 3.51. The second-order valence-corrected chi connectivity index (χ2v) is 7.80. The number of hydrogen-bond acceptors (Lipinski definition) is 4. The van der Waals surface area contributed by atoms with E-state index in [9.17, 15) is 8.42 Å². The van der Waals surface area contributed by atoms with E-state index in [1.54, 1.807) is 44.6 Å². The Hall–Kier alpha value is -1.57. The number of aryl methyl sites for hydroxylation is 1. The van der Waals surface area contributed by atoms with Crippen molar-refractivity contribution >= 4 is 26.0 Å². The van der Waals surface area contributed by atoms with Crippen LogP contribution in [0.1, 0.15) is 18.1 Å². The molecule has 130 valence electrons. The summed E-state index contributed by atoms with van der Waals surface area (Å²) in [5.74, 6) is 1.22. The molecule has 2 aromatic rings. The largest absolute Gasteiger partial charge is 0.497 e. The van der Waals surface area contributed by atoms with Gasteiger partial charge in [0.1, 0.15) is 11.5 Å². The van der Waals surface area contributed by atoms with Gasteiger partial charge < -0.3 is 9.47 Å². The molecule has 1 N–H and O–H groups in total. The number of benzene rings is 2.